The normalized spacial score (nSPS) is 24.5. The van der Waals surface area contributed by atoms with Crippen LogP contribution in [-0.4, -0.2) is 10.7 Å². The fourth-order valence-corrected chi connectivity index (χ4v) is 2.40. The molecular weight excluding hydrogens is 184 g/mol. The van der Waals surface area contributed by atoms with E-state index in [-0.39, 0.29) is 0 Å². The molecule has 0 aliphatic heterocycles. The Bertz CT molecular complexity index is 388. The van der Waals surface area contributed by atoms with E-state index in [2.05, 4.69) is 18.2 Å². The van der Waals surface area contributed by atoms with E-state index < -0.39 is 5.60 Å². The van der Waals surface area contributed by atoms with Crippen LogP contribution in [0, 0.1) is 0 Å². The first-order valence-corrected chi connectivity index (χ1v) is 5.54. The van der Waals surface area contributed by atoms with Gasteiger partial charge >= 0.3 is 0 Å². The van der Waals surface area contributed by atoms with Crippen molar-refractivity contribution in [3.8, 4) is 0 Å². The Balaban J connectivity index is 2.29. The summed E-state index contributed by atoms with van der Waals surface area (Å²) >= 11 is 0. The third kappa shape index (κ3) is 2.29. The topological polar surface area (TPSA) is 20.2 Å². The van der Waals surface area contributed by atoms with Gasteiger partial charge in [-0.25, -0.2) is 0 Å². The molecular formula is C14H18O. The summed E-state index contributed by atoms with van der Waals surface area (Å²) in [6.45, 7) is 4.08. The summed E-state index contributed by atoms with van der Waals surface area (Å²) in [4.78, 5) is 0. The van der Waals surface area contributed by atoms with E-state index in [0.717, 1.165) is 19.3 Å². The Morgan fingerprint density at radius 2 is 1.93 bits per heavy atom. The lowest BCUT2D eigenvalue weighted by Crippen LogP contribution is -2.33. The molecule has 1 unspecified atom stereocenters. The Labute approximate surface area is 91.4 Å². The van der Waals surface area contributed by atoms with Gasteiger partial charge in [-0.15, -0.1) is 0 Å². The second kappa shape index (κ2) is 3.82. The maximum absolute atomic E-state index is 10.4. The van der Waals surface area contributed by atoms with Crippen LogP contribution in [0.1, 0.15) is 31.4 Å². The monoisotopic (exact) mass is 202 g/mol. The molecule has 80 valence electrons. The summed E-state index contributed by atoms with van der Waals surface area (Å²) in [5.41, 5.74) is 3.26. The van der Waals surface area contributed by atoms with Crippen LogP contribution >= 0.6 is 0 Å². The summed E-state index contributed by atoms with van der Waals surface area (Å²) in [6, 6.07) is 8.41. The molecule has 0 fully saturated rings. The molecule has 1 aliphatic rings. The minimum absolute atomic E-state index is 0.618. The molecule has 0 saturated heterocycles. The molecule has 0 heterocycles. The zero-order valence-electron chi connectivity index (χ0n) is 9.46. The van der Waals surface area contributed by atoms with Crippen molar-refractivity contribution < 1.29 is 5.11 Å². The largest absolute Gasteiger partial charge is 0.385 e. The number of fused-ring (bicyclic) bond motifs is 1. The smallest absolute Gasteiger partial charge is 0.0873 e. The van der Waals surface area contributed by atoms with Crippen molar-refractivity contribution in [1.29, 1.82) is 0 Å². The molecule has 0 radical (unpaired) electrons. The average molecular weight is 202 g/mol. The zero-order chi connectivity index (χ0) is 10.9. The number of hydrogen-bond donors (Lipinski definition) is 1. The van der Waals surface area contributed by atoms with Crippen molar-refractivity contribution in [2.45, 2.75) is 38.7 Å². The lowest BCUT2D eigenvalue weighted by molar-refractivity contribution is 0.0753. The molecule has 0 saturated carbocycles. The van der Waals surface area contributed by atoms with Gasteiger partial charge in [0.15, 0.2) is 0 Å². The van der Waals surface area contributed by atoms with Crippen molar-refractivity contribution in [3.63, 3.8) is 0 Å². The van der Waals surface area contributed by atoms with Gasteiger partial charge in [0.1, 0.15) is 0 Å². The van der Waals surface area contributed by atoms with E-state index in [9.17, 15) is 5.11 Å². The number of benzene rings is 1. The lowest BCUT2D eigenvalue weighted by Gasteiger charge is -2.31. The van der Waals surface area contributed by atoms with Crippen molar-refractivity contribution in [2.75, 3.05) is 0 Å². The molecule has 0 spiro atoms. The van der Waals surface area contributed by atoms with Crippen LogP contribution in [0.5, 0.6) is 0 Å². The van der Waals surface area contributed by atoms with Gasteiger partial charge in [-0.1, -0.05) is 35.9 Å². The van der Waals surface area contributed by atoms with Crippen LogP contribution in [0.4, 0.5) is 0 Å². The van der Waals surface area contributed by atoms with Crippen molar-refractivity contribution in [3.05, 3.63) is 47.0 Å². The SMILES string of the molecule is CC(C)=CC1(O)CCc2ccccc2C1. The van der Waals surface area contributed by atoms with Crippen molar-refractivity contribution in [2.24, 2.45) is 0 Å². The van der Waals surface area contributed by atoms with E-state index in [4.69, 9.17) is 0 Å². The van der Waals surface area contributed by atoms with E-state index in [0.29, 0.717) is 0 Å². The van der Waals surface area contributed by atoms with Gasteiger partial charge < -0.3 is 5.11 Å². The molecule has 1 aromatic rings. The lowest BCUT2D eigenvalue weighted by atomic mass is 9.80. The first-order chi connectivity index (χ1) is 7.09. The van der Waals surface area contributed by atoms with Gasteiger partial charge in [0.2, 0.25) is 0 Å². The summed E-state index contributed by atoms with van der Waals surface area (Å²) in [5.74, 6) is 0. The summed E-state index contributed by atoms with van der Waals surface area (Å²) in [6.07, 6.45) is 4.59. The van der Waals surface area contributed by atoms with Gasteiger partial charge in [0.25, 0.3) is 0 Å². The number of aliphatic hydroxyl groups is 1. The van der Waals surface area contributed by atoms with Crippen LogP contribution in [0.3, 0.4) is 0 Å². The first kappa shape index (κ1) is 10.4. The van der Waals surface area contributed by atoms with E-state index in [1.54, 1.807) is 0 Å². The Hall–Kier alpha value is -1.08. The van der Waals surface area contributed by atoms with Crippen molar-refractivity contribution in [1.82, 2.24) is 0 Å². The van der Waals surface area contributed by atoms with E-state index in [1.165, 1.54) is 16.7 Å². The molecule has 1 atom stereocenters. The van der Waals surface area contributed by atoms with Gasteiger partial charge in [-0.2, -0.15) is 0 Å². The Morgan fingerprint density at radius 1 is 1.27 bits per heavy atom. The average Bonchev–Trinajstić information content (AvgIpc) is 2.15. The zero-order valence-corrected chi connectivity index (χ0v) is 9.46. The third-order valence-corrected chi connectivity index (χ3v) is 3.00. The van der Waals surface area contributed by atoms with Crippen LogP contribution in [-0.2, 0) is 12.8 Å². The van der Waals surface area contributed by atoms with Gasteiger partial charge in [-0.05, 0) is 37.8 Å². The van der Waals surface area contributed by atoms with Gasteiger partial charge in [0.05, 0.1) is 5.60 Å². The maximum atomic E-state index is 10.4. The van der Waals surface area contributed by atoms with Crippen molar-refractivity contribution >= 4 is 0 Å². The van der Waals surface area contributed by atoms with E-state index >= 15 is 0 Å². The molecule has 1 aliphatic carbocycles. The predicted octanol–water partition coefficient (Wildman–Crippen LogP) is 2.87. The number of rotatable bonds is 1. The second-order valence-corrected chi connectivity index (χ2v) is 4.77. The minimum atomic E-state index is -0.618. The van der Waals surface area contributed by atoms with Crippen LogP contribution < -0.4 is 0 Å². The van der Waals surface area contributed by atoms with Crippen LogP contribution in [0.15, 0.2) is 35.9 Å². The molecule has 15 heavy (non-hydrogen) atoms. The fourth-order valence-electron chi connectivity index (χ4n) is 2.40. The highest BCUT2D eigenvalue weighted by molar-refractivity contribution is 5.33. The highest BCUT2D eigenvalue weighted by Crippen LogP contribution is 2.30. The minimum Gasteiger partial charge on any atom is -0.385 e. The summed E-state index contributed by atoms with van der Waals surface area (Å²) in [7, 11) is 0. The molecule has 0 amide bonds. The predicted molar refractivity (Wildman–Crippen MR) is 62.8 cm³/mol. The summed E-state index contributed by atoms with van der Waals surface area (Å²) < 4.78 is 0. The van der Waals surface area contributed by atoms with Crippen LogP contribution in [0.25, 0.3) is 0 Å². The first-order valence-electron chi connectivity index (χ1n) is 5.54. The number of hydrogen-bond acceptors (Lipinski definition) is 1. The van der Waals surface area contributed by atoms with Gasteiger partial charge in [0, 0.05) is 6.42 Å². The molecule has 1 nitrogen and oxygen atoms in total. The fraction of sp³-hybridized carbons (Fsp3) is 0.429. The summed E-state index contributed by atoms with van der Waals surface area (Å²) in [5, 5.41) is 10.4. The Kier molecular flexibility index (Phi) is 2.66. The van der Waals surface area contributed by atoms with Gasteiger partial charge in [-0.3, -0.25) is 0 Å². The third-order valence-electron chi connectivity index (χ3n) is 3.00. The quantitative estimate of drug-likeness (QED) is 0.694. The molecule has 1 aromatic carbocycles. The molecule has 1 N–H and O–H groups in total. The number of allylic oxidation sites excluding steroid dienone is 1. The second-order valence-electron chi connectivity index (χ2n) is 4.77. The molecule has 0 aromatic heterocycles. The van der Waals surface area contributed by atoms with Crippen LogP contribution in [0.2, 0.25) is 0 Å². The molecule has 0 bridgehead atoms. The number of aryl methyl sites for hydroxylation is 1. The highest BCUT2D eigenvalue weighted by atomic mass is 16.3. The molecule has 2 rings (SSSR count). The maximum Gasteiger partial charge on any atom is 0.0873 e. The van der Waals surface area contributed by atoms with E-state index in [1.807, 2.05) is 26.0 Å². The molecule has 1 heteroatoms. The standard InChI is InChI=1S/C14H18O/c1-11(2)9-14(15)8-7-12-5-3-4-6-13(12)10-14/h3-6,9,15H,7-8,10H2,1-2H3. The Morgan fingerprint density at radius 3 is 2.60 bits per heavy atom. The highest BCUT2D eigenvalue weighted by Gasteiger charge is 2.29.